The van der Waals surface area contributed by atoms with Gasteiger partial charge in [0.05, 0.1) is 5.92 Å². The van der Waals surface area contributed by atoms with Gasteiger partial charge in [0.15, 0.2) is 0 Å². The molecule has 0 aliphatic heterocycles. The molecule has 0 aliphatic rings. The Morgan fingerprint density at radius 2 is 1.75 bits per heavy atom. The fourth-order valence-electron chi connectivity index (χ4n) is 1.79. The van der Waals surface area contributed by atoms with Gasteiger partial charge in [-0.15, -0.1) is 0 Å². The summed E-state index contributed by atoms with van der Waals surface area (Å²) in [4.78, 5) is 10.7. The molecule has 0 saturated heterocycles. The lowest BCUT2D eigenvalue weighted by molar-refractivity contribution is -0.141. The highest BCUT2D eigenvalue weighted by molar-refractivity contribution is 5.69. The van der Waals surface area contributed by atoms with Crippen molar-refractivity contribution in [3.8, 4) is 0 Å². The number of carboxylic acids is 1. The molecule has 1 aromatic carbocycles. The average Bonchev–Trinajstić information content (AvgIpc) is 2.20. The van der Waals surface area contributed by atoms with E-state index in [1.54, 1.807) is 6.92 Å². The van der Waals surface area contributed by atoms with Gasteiger partial charge in [-0.3, -0.25) is 4.79 Å². The molecule has 0 saturated carbocycles. The zero-order valence-electron chi connectivity index (χ0n) is 10.5. The maximum absolute atomic E-state index is 10.7. The fraction of sp³-hybridized carbons (Fsp3) is 0.500. The van der Waals surface area contributed by atoms with Crippen LogP contribution in [-0.2, 0) is 11.2 Å². The van der Waals surface area contributed by atoms with Crippen LogP contribution in [-0.4, -0.2) is 11.1 Å². The summed E-state index contributed by atoms with van der Waals surface area (Å²) < 4.78 is 0. The zero-order valence-corrected chi connectivity index (χ0v) is 10.5. The van der Waals surface area contributed by atoms with E-state index in [4.69, 9.17) is 5.11 Å². The van der Waals surface area contributed by atoms with Crippen LogP contribution in [0.15, 0.2) is 12.1 Å². The van der Waals surface area contributed by atoms with Crippen molar-refractivity contribution < 1.29 is 9.90 Å². The number of carboxylic acid groups (broad SMARTS) is 1. The summed E-state index contributed by atoms with van der Waals surface area (Å²) in [7, 11) is 0. The monoisotopic (exact) mass is 220 g/mol. The number of hydrogen-bond acceptors (Lipinski definition) is 1. The summed E-state index contributed by atoms with van der Waals surface area (Å²) in [5.74, 6) is -0.970. The van der Waals surface area contributed by atoms with Gasteiger partial charge in [-0.2, -0.15) is 0 Å². The molecule has 0 aliphatic carbocycles. The van der Waals surface area contributed by atoms with Gasteiger partial charge in [0.2, 0.25) is 0 Å². The number of hydrogen-bond donors (Lipinski definition) is 1. The van der Waals surface area contributed by atoms with E-state index < -0.39 is 5.97 Å². The molecule has 0 radical (unpaired) electrons. The Labute approximate surface area is 97.3 Å². The summed E-state index contributed by atoms with van der Waals surface area (Å²) in [6.07, 6.45) is 1.55. The van der Waals surface area contributed by atoms with Gasteiger partial charge in [0.25, 0.3) is 0 Å². The van der Waals surface area contributed by atoms with Gasteiger partial charge in [0.1, 0.15) is 0 Å². The predicted molar refractivity (Wildman–Crippen MR) is 65.8 cm³/mol. The second-order valence-corrected chi connectivity index (χ2v) is 4.64. The summed E-state index contributed by atoms with van der Waals surface area (Å²) >= 11 is 0. The van der Waals surface area contributed by atoms with Gasteiger partial charge in [-0.25, -0.2) is 0 Å². The van der Waals surface area contributed by atoms with Crippen LogP contribution in [0.4, 0.5) is 0 Å². The van der Waals surface area contributed by atoms with Crippen molar-refractivity contribution >= 4 is 5.97 Å². The summed E-state index contributed by atoms with van der Waals surface area (Å²) in [6, 6.07) is 4.36. The van der Waals surface area contributed by atoms with Gasteiger partial charge >= 0.3 is 5.97 Å². The second-order valence-electron chi connectivity index (χ2n) is 4.64. The number of aliphatic carboxylic acids is 1. The lowest BCUT2D eigenvalue weighted by atomic mass is 9.95. The minimum Gasteiger partial charge on any atom is -0.481 e. The molecule has 0 fully saturated rings. The lowest BCUT2D eigenvalue weighted by Gasteiger charge is -2.11. The van der Waals surface area contributed by atoms with Crippen molar-refractivity contribution in [2.75, 3.05) is 0 Å². The topological polar surface area (TPSA) is 37.3 Å². The molecule has 1 N–H and O–H groups in total. The quantitative estimate of drug-likeness (QED) is 0.845. The molecule has 1 atom stereocenters. The fourth-order valence-corrected chi connectivity index (χ4v) is 1.79. The van der Waals surface area contributed by atoms with Crippen LogP contribution in [0.1, 0.15) is 35.6 Å². The number of aryl methyl sites for hydroxylation is 4. The van der Waals surface area contributed by atoms with Gasteiger partial charge in [-0.05, 0) is 55.9 Å². The Bertz CT molecular complexity index is 394. The van der Waals surface area contributed by atoms with Crippen molar-refractivity contribution in [3.05, 3.63) is 34.4 Å². The zero-order chi connectivity index (χ0) is 12.3. The largest absolute Gasteiger partial charge is 0.481 e. The third kappa shape index (κ3) is 3.09. The number of rotatable bonds is 4. The first kappa shape index (κ1) is 12.8. The van der Waals surface area contributed by atoms with Crippen LogP contribution in [0.5, 0.6) is 0 Å². The summed E-state index contributed by atoms with van der Waals surface area (Å²) in [5.41, 5.74) is 5.12. The smallest absolute Gasteiger partial charge is 0.306 e. The van der Waals surface area contributed by atoms with E-state index >= 15 is 0 Å². The number of carbonyl (C=O) groups is 1. The van der Waals surface area contributed by atoms with Crippen molar-refractivity contribution in [2.24, 2.45) is 5.92 Å². The van der Waals surface area contributed by atoms with E-state index in [-0.39, 0.29) is 5.92 Å². The maximum Gasteiger partial charge on any atom is 0.306 e. The van der Waals surface area contributed by atoms with E-state index in [9.17, 15) is 4.79 Å². The third-order valence-corrected chi connectivity index (χ3v) is 3.22. The highest BCUT2D eigenvalue weighted by Gasteiger charge is 2.11. The standard InChI is InChI=1S/C14H20O2/c1-9(14(15)16)5-6-13-8-11(3)10(2)7-12(13)4/h7-9H,5-6H2,1-4H3,(H,15,16). The Morgan fingerprint density at radius 3 is 2.31 bits per heavy atom. The third-order valence-electron chi connectivity index (χ3n) is 3.22. The molecular formula is C14H20O2. The van der Waals surface area contributed by atoms with E-state index in [1.165, 1.54) is 22.3 Å². The van der Waals surface area contributed by atoms with E-state index in [0.29, 0.717) is 6.42 Å². The Balaban J connectivity index is 2.74. The average molecular weight is 220 g/mol. The normalized spacial score (nSPS) is 12.5. The Hall–Kier alpha value is -1.31. The highest BCUT2D eigenvalue weighted by Crippen LogP contribution is 2.18. The molecule has 0 aromatic heterocycles. The predicted octanol–water partition coefficient (Wildman–Crippen LogP) is 3.27. The van der Waals surface area contributed by atoms with Crippen LogP contribution < -0.4 is 0 Å². The molecule has 2 heteroatoms. The second kappa shape index (κ2) is 5.15. The van der Waals surface area contributed by atoms with Crippen LogP contribution in [0.3, 0.4) is 0 Å². The van der Waals surface area contributed by atoms with E-state index in [0.717, 1.165) is 6.42 Å². The Morgan fingerprint density at radius 1 is 1.19 bits per heavy atom. The van der Waals surface area contributed by atoms with Crippen molar-refractivity contribution in [2.45, 2.75) is 40.5 Å². The molecule has 0 bridgehead atoms. The first-order valence-corrected chi connectivity index (χ1v) is 5.71. The Kier molecular flexibility index (Phi) is 4.11. The molecule has 1 rings (SSSR count). The van der Waals surface area contributed by atoms with Crippen LogP contribution >= 0.6 is 0 Å². The molecule has 88 valence electrons. The molecule has 2 nitrogen and oxygen atoms in total. The molecule has 0 heterocycles. The van der Waals surface area contributed by atoms with Crippen LogP contribution in [0.2, 0.25) is 0 Å². The summed E-state index contributed by atoms with van der Waals surface area (Å²) in [5, 5.41) is 8.83. The molecular weight excluding hydrogens is 200 g/mol. The van der Waals surface area contributed by atoms with Gasteiger partial charge in [0, 0.05) is 0 Å². The van der Waals surface area contributed by atoms with Crippen LogP contribution in [0, 0.1) is 26.7 Å². The lowest BCUT2D eigenvalue weighted by Crippen LogP contribution is -2.10. The molecule has 0 amide bonds. The molecule has 1 aromatic rings. The van der Waals surface area contributed by atoms with Crippen molar-refractivity contribution in [3.63, 3.8) is 0 Å². The van der Waals surface area contributed by atoms with Crippen LogP contribution in [0.25, 0.3) is 0 Å². The highest BCUT2D eigenvalue weighted by atomic mass is 16.4. The van der Waals surface area contributed by atoms with Gasteiger partial charge < -0.3 is 5.11 Å². The molecule has 16 heavy (non-hydrogen) atoms. The number of benzene rings is 1. The summed E-state index contributed by atoms with van der Waals surface area (Å²) in [6.45, 7) is 8.05. The minimum absolute atomic E-state index is 0.263. The van der Waals surface area contributed by atoms with Gasteiger partial charge in [-0.1, -0.05) is 19.1 Å². The minimum atomic E-state index is -0.707. The SMILES string of the molecule is Cc1cc(C)c(CCC(C)C(=O)O)cc1C. The maximum atomic E-state index is 10.7. The van der Waals surface area contributed by atoms with E-state index in [1.807, 2.05) is 0 Å². The van der Waals surface area contributed by atoms with E-state index in [2.05, 4.69) is 32.9 Å². The van der Waals surface area contributed by atoms with Crippen molar-refractivity contribution in [1.82, 2.24) is 0 Å². The molecule has 1 unspecified atom stereocenters. The van der Waals surface area contributed by atoms with Crippen molar-refractivity contribution in [1.29, 1.82) is 0 Å². The first-order valence-electron chi connectivity index (χ1n) is 5.71. The molecule has 0 spiro atoms. The first-order chi connectivity index (χ1) is 7.41.